The fraction of sp³-hybridized carbons (Fsp3) is 0.571. The van der Waals surface area contributed by atoms with E-state index in [9.17, 15) is 4.79 Å². The average Bonchev–Trinajstić information content (AvgIpc) is 2.84. The van der Waals surface area contributed by atoms with Crippen LogP contribution >= 0.6 is 27.5 Å². The molecule has 5 nitrogen and oxygen atoms in total. The third kappa shape index (κ3) is 4.47. The second-order valence-electron chi connectivity index (χ2n) is 4.60. The quantitative estimate of drug-likeness (QED) is 0.462. The molecule has 2 unspecified atom stereocenters. The van der Waals surface area contributed by atoms with E-state index in [-0.39, 0.29) is 24.2 Å². The minimum atomic E-state index is -0.273. The summed E-state index contributed by atoms with van der Waals surface area (Å²) >= 11 is 9.42. The maximum Gasteiger partial charge on any atom is 0.306 e. The van der Waals surface area contributed by atoms with Gasteiger partial charge in [0.1, 0.15) is 22.1 Å². The van der Waals surface area contributed by atoms with Gasteiger partial charge in [0.2, 0.25) is 0 Å². The third-order valence-electron chi connectivity index (χ3n) is 3.13. The summed E-state index contributed by atoms with van der Waals surface area (Å²) in [5.41, 5.74) is 0.459. The molecule has 21 heavy (non-hydrogen) atoms. The molecule has 0 spiro atoms. The molecule has 2 rings (SSSR count). The molecule has 2 heterocycles. The normalized spacial score (nSPS) is 21.5. The number of carbonyl (C=O) groups excluding carboxylic acids is 1. The fourth-order valence-electron chi connectivity index (χ4n) is 2.05. The maximum atomic E-state index is 11.0. The number of aromatic nitrogens is 2. The molecule has 1 aliphatic rings. The Bertz CT molecular complexity index is 564. The van der Waals surface area contributed by atoms with Crippen molar-refractivity contribution in [3.63, 3.8) is 0 Å². The molecule has 7 heteroatoms. The van der Waals surface area contributed by atoms with Crippen LogP contribution < -0.4 is 0 Å². The Labute approximate surface area is 137 Å². The van der Waals surface area contributed by atoms with Gasteiger partial charge in [-0.1, -0.05) is 17.5 Å². The van der Waals surface area contributed by atoms with Crippen molar-refractivity contribution in [3.05, 3.63) is 16.6 Å². The highest BCUT2D eigenvalue weighted by molar-refractivity contribution is 9.10. The largest absolute Gasteiger partial charge is 0.469 e. The molecule has 0 saturated carbocycles. The lowest BCUT2D eigenvalue weighted by Crippen LogP contribution is -2.22. The van der Waals surface area contributed by atoms with Gasteiger partial charge in [-0.3, -0.25) is 9.36 Å². The third-order valence-corrected chi connectivity index (χ3v) is 4.04. The van der Waals surface area contributed by atoms with Gasteiger partial charge in [-0.15, -0.1) is 0 Å². The Kier molecular flexibility index (Phi) is 6.09. The van der Waals surface area contributed by atoms with Crippen LogP contribution in [0.2, 0.25) is 0 Å². The van der Waals surface area contributed by atoms with Crippen LogP contribution in [0.4, 0.5) is 0 Å². The average molecular weight is 376 g/mol. The van der Waals surface area contributed by atoms with Crippen LogP contribution in [0.1, 0.15) is 44.0 Å². The molecule has 0 bridgehead atoms. The van der Waals surface area contributed by atoms with Crippen molar-refractivity contribution in [3.8, 4) is 11.8 Å². The highest BCUT2D eigenvalue weighted by atomic mass is 79.9. The van der Waals surface area contributed by atoms with E-state index in [4.69, 9.17) is 16.3 Å². The molecule has 0 amide bonds. The van der Waals surface area contributed by atoms with E-state index in [1.807, 2.05) is 4.57 Å². The van der Waals surface area contributed by atoms with Gasteiger partial charge in [-0.2, -0.15) is 0 Å². The molecule has 0 aliphatic carbocycles. The predicted octanol–water partition coefficient (Wildman–Crippen LogP) is 3.21. The molecule has 1 aromatic rings. The number of hydrogen-bond donors (Lipinski definition) is 0. The highest BCUT2D eigenvalue weighted by Gasteiger charge is 2.24. The van der Waals surface area contributed by atoms with Crippen molar-refractivity contribution in [2.75, 3.05) is 7.11 Å². The number of imidazole rings is 1. The minimum Gasteiger partial charge on any atom is -0.469 e. The zero-order valence-electron chi connectivity index (χ0n) is 11.6. The Hall–Kier alpha value is -1.03. The zero-order chi connectivity index (χ0) is 15.2. The first-order valence-electron chi connectivity index (χ1n) is 6.69. The van der Waals surface area contributed by atoms with E-state index in [2.05, 4.69) is 37.5 Å². The summed E-state index contributed by atoms with van der Waals surface area (Å²) in [4.78, 5) is 15.2. The number of carbonyl (C=O) groups is 1. The number of rotatable bonds is 3. The lowest BCUT2D eigenvalue weighted by molar-refractivity contribution is -0.140. The van der Waals surface area contributed by atoms with E-state index >= 15 is 0 Å². The molecule has 0 N–H and O–H groups in total. The number of halogens is 2. The molecule has 0 radical (unpaired) electrons. The molecular weight excluding hydrogens is 360 g/mol. The highest BCUT2D eigenvalue weighted by Crippen LogP contribution is 2.30. The summed E-state index contributed by atoms with van der Waals surface area (Å²) in [5, 5.41) is 0. The van der Waals surface area contributed by atoms with Crippen LogP contribution in [0.15, 0.2) is 10.9 Å². The zero-order valence-corrected chi connectivity index (χ0v) is 14.0. The van der Waals surface area contributed by atoms with Gasteiger partial charge in [0.05, 0.1) is 19.9 Å². The van der Waals surface area contributed by atoms with Gasteiger partial charge in [0, 0.05) is 6.42 Å². The Balaban J connectivity index is 2.07. The van der Waals surface area contributed by atoms with E-state index in [1.54, 1.807) is 6.33 Å². The second-order valence-corrected chi connectivity index (χ2v) is 5.84. The van der Waals surface area contributed by atoms with Crippen LogP contribution in [0.3, 0.4) is 0 Å². The van der Waals surface area contributed by atoms with E-state index in [0.29, 0.717) is 11.0 Å². The number of ether oxygens (including phenoxy) is 2. The topological polar surface area (TPSA) is 53.3 Å². The summed E-state index contributed by atoms with van der Waals surface area (Å²) in [6, 6.07) is 0. The smallest absolute Gasteiger partial charge is 0.306 e. The lowest BCUT2D eigenvalue weighted by atomic mass is 10.2. The standard InChI is InChI=1S/C14H16BrClN2O3/c1-20-13(19)8-3-2-5-10-14(15)17-9-18(10)12-7-4-6-11(16)21-12/h9,11-12H,3-4,6-8H2,1H3. The van der Waals surface area contributed by atoms with Gasteiger partial charge in [-0.05, 0) is 41.1 Å². The molecular formula is C14H16BrClN2O3. The number of hydrogen-bond acceptors (Lipinski definition) is 4. The SMILES string of the molecule is COC(=O)CCC#Cc1c(Br)ncn1C1CCCC(Cl)O1. The van der Waals surface area contributed by atoms with Crippen molar-refractivity contribution in [2.45, 2.75) is 43.9 Å². The second kappa shape index (κ2) is 7.83. The van der Waals surface area contributed by atoms with Gasteiger partial charge in [-0.25, -0.2) is 4.98 Å². The summed E-state index contributed by atoms with van der Waals surface area (Å²) in [7, 11) is 1.37. The van der Waals surface area contributed by atoms with Gasteiger partial charge in [0.25, 0.3) is 0 Å². The first-order valence-corrected chi connectivity index (χ1v) is 7.92. The maximum absolute atomic E-state index is 11.0. The first kappa shape index (κ1) is 16.3. The fourth-order valence-corrected chi connectivity index (χ4v) is 2.72. The van der Waals surface area contributed by atoms with Crippen LogP contribution in [0.25, 0.3) is 0 Å². The van der Waals surface area contributed by atoms with Crippen LogP contribution in [-0.2, 0) is 14.3 Å². The predicted molar refractivity (Wildman–Crippen MR) is 81.7 cm³/mol. The van der Waals surface area contributed by atoms with Gasteiger partial charge in [0.15, 0.2) is 0 Å². The number of methoxy groups -OCH3 is 1. The van der Waals surface area contributed by atoms with Crippen molar-refractivity contribution in [2.24, 2.45) is 0 Å². The van der Waals surface area contributed by atoms with Crippen molar-refractivity contribution in [1.29, 1.82) is 0 Å². The van der Waals surface area contributed by atoms with E-state index < -0.39 is 0 Å². The summed E-state index contributed by atoms with van der Waals surface area (Å²) in [6.07, 6.45) is 4.99. The van der Waals surface area contributed by atoms with Crippen molar-refractivity contribution >= 4 is 33.5 Å². The van der Waals surface area contributed by atoms with Gasteiger partial charge >= 0.3 is 5.97 Å². The summed E-state index contributed by atoms with van der Waals surface area (Å²) in [6.45, 7) is 0. The molecule has 1 saturated heterocycles. The summed E-state index contributed by atoms with van der Waals surface area (Å²) in [5.74, 6) is 5.71. The van der Waals surface area contributed by atoms with E-state index in [1.165, 1.54) is 7.11 Å². The summed E-state index contributed by atoms with van der Waals surface area (Å²) < 4.78 is 12.8. The Morgan fingerprint density at radius 2 is 2.48 bits per heavy atom. The molecule has 0 aromatic carbocycles. The van der Waals surface area contributed by atoms with Crippen molar-refractivity contribution in [1.82, 2.24) is 9.55 Å². The number of nitrogens with zero attached hydrogens (tertiary/aromatic N) is 2. The number of esters is 1. The van der Waals surface area contributed by atoms with Crippen LogP contribution in [0.5, 0.6) is 0 Å². The Morgan fingerprint density at radius 3 is 3.19 bits per heavy atom. The molecule has 2 atom stereocenters. The van der Waals surface area contributed by atoms with Crippen LogP contribution in [0, 0.1) is 11.8 Å². The van der Waals surface area contributed by atoms with E-state index in [0.717, 1.165) is 25.0 Å². The molecule has 1 aromatic heterocycles. The van der Waals surface area contributed by atoms with Gasteiger partial charge < -0.3 is 9.47 Å². The molecule has 114 valence electrons. The molecule has 1 aliphatic heterocycles. The molecule has 1 fully saturated rings. The van der Waals surface area contributed by atoms with Crippen LogP contribution in [-0.4, -0.2) is 28.2 Å². The van der Waals surface area contributed by atoms with Crippen molar-refractivity contribution < 1.29 is 14.3 Å². The lowest BCUT2D eigenvalue weighted by Gasteiger charge is -2.27. The Morgan fingerprint density at radius 1 is 1.67 bits per heavy atom. The number of alkyl halides is 1. The monoisotopic (exact) mass is 374 g/mol. The first-order chi connectivity index (χ1) is 10.1. The minimum absolute atomic E-state index is 0.148.